The Labute approximate surface area is 138 Å². The molecule has 3 rings (SSSR count). The molecule has 2 N–H and O–H groups in total. The van der Waals surface area contributed by atoms with Gasteiger partial charge in [-0.25, -0.2) is 4.79 Å². The van der Waals surface area contributed by atoms with E-state index in [-0.39, 0.29) is 5.91 Å². The van der Waals surface area contributed by atoms with Gasteiger partial charge in [-0.15, -0.1) is 0 Å². The highest BCUT2D eigenvalue weighted by Gasteiger charge is 2.47. The number of carbonyl (C=O) groups is 2. The summed E-state index contributed by atoms with van der Waals surface area (Å²) in [5.41, 5.74) is 0.441. The van der Waals surface area contributed by atoms with Crippen LogP contribution in [0.2, 0.25) is 5.02 Å². The lowest BCUT2D eigenvalue weighted by Gasteiger charge is -2.27. The zero-order chi connectivity index (χ0) is 16.4. The van der Waals surface area contributed by atoms with Crippen LogP contribution in [0.4, 0.5) is 4.79 Å². The SMILES string of the molecule is COc1ccc(C2(Cc3ccc(Cl)cc3)NC(=O)NC2=O)cc1. The molecule has 1 heterocycles. The van der Waals surface area contributed by atoms with Crippen molar-refractivity contribution in [2.75, 3.05) is 7.11 Å². The van der Waals surface area contributed by atoms with Gasteiger partial charge in [0.25, 0.3) is 5.91 Å². The maximum atomic E-state index is 12.5. The van der Waals surface area contributed by atoms with Crippen molar-refractivity contribution >= 4 is 23.5 Å². The van der Waals surface area contributed by atoms with Gasteiger partial charge in [-0.3, -0.25) is 10.1 Å². The molecule has 0 bridgehead atoms. The molecule has 0 spiro atoms. The van der Waals surface area contributed by atoms with Crippen LogP contribution >= 0.6 is 11.6 Å². The van der Waals surface area contributed by atoms with E-state index in [9.17, 15) is 9.59 Å². The van der Waals surface area contributed by atoms with Crippen LogP contribution in [-0.4, -0.2) is 19.0 Å². The summed E-state index contributed by atoms with van der Waals surface area (Å²) in [7, 11) is 1.57. The van der Waals surface area contributed by atoms with E-state index in [0.29, 0.717) is 22.8 Å². The van der Waals surface area contributed by atoms with E-state index in [1.807, 2.05) is 12.1 Å². The first kappa shape index (κ1) is 15.4. The summed E-state index contributed by atoms with van der Waals surface area (Å²) >= 11 is 5.90. The lowest BCUT2D eigenvalue weighted by atomic mass is 9.84. The molecule has 118 valence electrons. The van der Waals surface area contributed by atoms with Crippen LogP contribution in [-0.2, 0) is 16.8 Å². The Morgan fingerprint density at radius 3 is 2.22 bits per heavy atom. The topological polar surface area (TPSA) is 67.4 Å². The second kappa shape index (κ2) is 5.93. The molecule has 0 aromatic heterocycles. The predicted octanol–water partition coefficient (Wildman–Crippen LogP) is 2.63. The van der Waals surface area contributed by atoms with Crippen LogP contribution < -0.4 is 15.4 Å². The fraction of sp³-hybridized carbons (Fsp3) is 0.176. The molecule has 2 aromatic rings. The number of amides is 3. The van der Waals surface area contributed by atoms with Crippen molar-refractivity contribution in [1.82, 2.24) is 10.6 Å². The number of methoxy groups -OCH3 is 1. The summed E-state index contributed by atoms with van der Waals surface area (Å²) < 4.78 is 5.14. The molecule has 0 saturated carbocycles. The first-order valence-corrected chi connectivity index (χ1v) is 7.44. The van der Waals surface area contributed by atoms with Crippen LogP contribution in [0, 0.1) is 0 Å². The lowest BCUT2D eigenvalue weighted by molar-refractivity contribution is -0.124. The van der Waals surface area contributed by atoms with Gasteiger partial charge in [-0.1, -0.05) is 35.9 Å². The van der Waals surface area contributed by atoms with E-state index in [2.05, 4.69) is 10.6 Å². The molecule has 1 fully saturated rings. The Morgan fingerprint density at radius 2 is 1.70 bits per heavy atom. The molecule has 5 nitrogen and oxygen atoms in total. The van der Waals surface area contributed by atoms with E-state index < -0.39 is 11.6 Å². The molecule has 2 aromatic carbocycles. The molecular weight excluding hydrogens is 316 g/mol. The lowest BCUT2D eigenvalue weighted by Crippen LogP contribution is -2.45. The third kappa shape index (κ3) is 2.87. The second-order valence-electron chi connectivity index (χ2n) is 5.35. The molecular formula is C17H15ClN2O3. The van der Waals surface area contributed by atoms with Gasteiger partial charge in [0.2, 0.25) is 0 Å². The van der Waals surface area contributed by atoms with Crippen molar-refractivity contribution in [2.45, 2.75) is 12.0 Å². The minimum Gasteiger partial charge on any atom is -0.497 e. The molecule has 3 amide bonds. The Balaban J connectivity index is 2.01. The third-order valence-electron chi connectivity index (χ3n) is 3.91. The Kier molecular flexibility index (Phi) is 3.96. The van der Waals surface area contributed by atoms with E-state index in [1.165, 1.54) is 0 Å². The molecule has 1 unspecified atom stereocenters. The Hall–Kier alpha value is -2.53. The molecule has 0 aliphatic carbocycles. The molecule has 6 heteroatoms. The number of rotatable bonds is 4. The summed E-state index contributed by atoms with van der Waals surface area (Å²) in [4.78, 5) is 24.2. The quantitative estimate of drug-likeness (QED) is 0.847. The number of halogens is 1. The van der Waals surface area contributed by atoms with Crippen molar-refractivity contribution in [1.29, 1.82) is 0 Å². The summed E-state index contributed by atoms with van der Waals surface area (Å²) in [6.45, 7) is 0. The summed E-state index contributed by atoms with van der Waals surface area (Å²) in [5, 5.41) is 5.70. The monoisotopic (exact) mass is 330 g/mol. The maximum absolute atomic E-state index is 12.5. The van der Waals surface area contributed by atoms with Crippen LogP contribution in [0.3, 0.4) is 0 Å². The van der Waals surface area contributed by atoms with Gasteiger partial charge in [0.15, 0.2) is 5.54 Å². The van der Waals surface area contributed by atoms with E-state index in [0.717, 1.165) is 5.56 Å². The highest BCUT2D eigenvalue weighted by Crippen LogP contribution is 2.31. The van der Waals surface area contributed by atoms with E-state index in [1.54, 1.807) is 43.5 Å². The molecule has 23 heavy (non-hydrogen) atoms. The Bertz CT molecular complexity index is 743. The van der Waals surface area contributed by atoms with Gasteiger partial charge >= 0.3 is 6.03 Å². The average Bonchev–Trinajstić information content (AvgIpc) is 2.84. The van der Waals surface area contributed by atoms with E-state index in [4.69, 9.17) is 16.3 Å². The van der Waals surface area contributed by atoms with Crippen molar-refractivity contribution in [3.05, 3.63) is 64.7 Å². The van der Waals surface area contributed by atoms with Gasteiger partial charge in [-0.2, -0.15) is 0 Å². The standard InChI is InChI=1S/C17H15ClN2O3/c1-23-14-8-4-12(5-9-14)17(15(21)19-16(22)20-17)10-11-2-6-13(18)7-3-11/h2-9H,10H2,1H3,(H2,19,20,21,22). The largest absolute Gasteiger partial charge is 0.497 e. The predicted molar refractivity (Wildman–Crippen MR) is 86.5 cm³/mol. The zero-order valence-corrected chi connectivity index (χ0v) is 13.2. The molecule has 1 saturated heterocycles. The summed E-state index contributed by atoms with van der Waals surface area (Å²) in [6, 6.07) is 13.8. The Morgan fingerprint density at radius 1 is 1.04 bits per heavy atom. The minimum absolute atomic E-state index is 0.327. The van der Waals surface area contributed by atoms with Crippen LogP contribution in [0.1, 0.15) is 11.1 Å². The fourth-order valence-corrected chi connectivity index (χ4v) is 2.83. The van der Waals surface area contributed by atoms with Gasteiger partial charge in [0, 0.05) is 11.4 Å². The second-order valence-corrected chi connectivity index (χ2v) is 5.78. The number of nitrogens with one attached hydrogen (secondary N) is 2. The number of hydrogen-bond acceptors (Lipinski definition) is 3. The van der Waals surface area contributed by atoms with Gasteiger partial charge in [0.05, 0.1) is 7.11 Å². The van der Waals surface area contributed by atoms with Crippen LogP contribution in [0.25, 0.3) is 0 Å². The van der Waals surface area contributed by atoms with Crippen molar-refractivity contribution in [2.24, 2.45) is 0 Å². The number of carbonyl (C=O) groups excluding carboxylic acids is 2. The van der Waals surface area contributed by atoms with Crippen LogP contribution in [0.15, 0.2) is 48.5 Å². The molecule has 1 atom stereocenters. The fourth-order valence-electron chi connectivity index (χ4n) is 2.71. The smallest absolute Gasteiger partial charge is 0.322 e. The van der Waals surface area contributed by atoms with Crippen molar-refractivity contribution in [3.8, 4) is 5.75 Å². The van der Waals surface area contributed by atoms with Crippen LogP contribution in [0.5, 0.6) is 5.75 Å². The number of hydrogen-bond donors (Lipinski definition) is 2. The minimum atomic E-state index is -1.14. The molecule has 1 aliphatic rings. The normalized spacial score (nSPS) is 20.1. The highest BCUT2D eigenvalue weighted by molar-refractivity contribution is 6.30. The summed E-state index contributed by atoms with van der Waals surface area (Å²) in [5.74, 6) is 0.308. The number of urea groups is 1. The molecule has 1 aliphatic heterocycles. The number of benzene rings is 2. The first-order valence-electron chi connectivity index (χ1n) is 7.06. The van der Waals surface area contributed by atoms with Gasteiger partial charge in [0.1, 0.15) is 5.75 Å². The maximum Gasteiger partial charge on any atom is 0.322 e. The van der Waals surface area contributed by atoms with Gasteiger partial charge in [-0.05, 0) is 35.4 Å². The van der Waals surface area contributed by atoms with Crippen molar-refractivity contribution in [3.63, 3.8) is 0 Å². The van der Waals surface area contributed by atoms with Gasteiger partial charge < -0.3 is 10.1 Å². The molecule has 0 radical (unpaired) electrons. The first-order chi connectivity index (χ1) is 11.0. The number of imide groups is 1. The van der Waals surface area contributed by atoms with E-state index >= 15 is 0 Å². The third-order valence-corrected chi connectivity index (χ3v) is 4.16. The summed E-state index contributed by atoms with van der Waals surface area (Å²) in [6.07, 6.45) is 0.327. The zero-order valence-electron chi connectivity index (χ0n) is 12.4. The van der Waals surface area contributed by atoms with Crippen molar-refractivity contribution < 1.29 is 14.3 Å². The highest BCUT2D eigenvalue weighted by atomic mass is 35.5. The number of ether oxygens (including phenoxy) is 1. The average molecular weight is 331 g/mol.